The van der Waals surface area contributed by atoms with Crippen LogP contribution < -0.4 is 5.73 Å². The van der Waals surface area contributed by atoms with E-state index in [9.17, 15) is 4.79 Å². The van der Waals surface area contributed by atoms with Crippen LogP contribution in [-0.4, -0.2) is 11.7 Å². The molecule has 0 aliphatic heterocycles. The van der Waals surface area contributed by atoms with Crippen molar-refractivity contribution in [3.63, 3.8) is 0 Å². The van der Waals surface area contributed by atoms with E-state index in [-0.39, 0.29) is 11.0 Å². The fraction of sp³-hybridized carbons (Fsp3) is 0.462. The number of benzene rings is 1. The SMILES string of the molecule is NCC(CCCc1ccccc1)CC(=O)S. The van der Waals surface area contributed by atoms with Crippen LogP contribution >= 0.6 is 12.6 Å². The molecule has 16 heavy (non-hydrogen) atoms. The van der Waals surface area contributed by atoms with Gasteiger partial charge in [0.15, 0.2) is 5.12 Å². The number of aryl methyl sites for hydroxylation is 1. The second kappa shape index (κ2) is 7.47. The van der Waals surface area contributed by atoms with Crippen LogP contribution in [0, 0.1) is 5.92 Å². The number of thiol groups is 1. The summed E-state index contributed by atoms with van der Waals surface area (Å²) in [4.78, 5) is 10.9. The number of hydrogen-bond acceptors (Lipinski definition) is 2. The second-order valence-electron chi connectivity index (χ2n) is 4.08. The minimum absolute atomic E-state index is 0.0600. The Balaban J connectivity index is 2.26. The van der Waals surface area contributed by atoms with Crippen molar-refractivity contribution < 1.29 is 4.79 Å². The van der Waals surface area contributed by atoms with Gasteiger partial charge in [0.25, 0.3) is 0 Å². The van der Waals surface area contributed by atoms with Crippen LogP contribution in [0.1, 0.15) is 24.8 Å². The van der Waals surface area contributed by atoms with Crippen LogP contribution in [0.25, 0.3) is 0 Å². The maximum atomic E-state index is 10.9. The fourth-order valence-corrected chi connectivity index (χ4v) is 2.05. The Hall–Kier alpha value is -0.800. The summed E-state index contributed by atoms with van der Waals surface area (Å²) in [5.74, 6) is 0.286. The highest BCUT2D eigenvalue weighted by atomic mass is 32.1. The highest BCUT2D eigenvalue weighted by Crippen LogP contribution is 2.14. The van der Waals surface area contributed by atoms with Crippen molar-refractivity contribution in [2.24, 2.45) is 11.7 Å². The zero-order chi connectivity index (χ0) is 11.8. The number of rotatable bonds is 7. The van der Waals surface area contributed by atoms with Gasteiger partial charge in [-0.15, -0.1) is 12.6 Å². The largest absolute Gasteiger partial charge is 0.330 e. The zero-order valence-corrected chi connectivity index (χ0v) is 10.3. The lowest BCUT2D eigenvalue weighted by atomic mass is 9.97. The Morgan fingerprint density at radius 2 is 2.00 bits per heavy atom. The smallest absolute Gasteiger partial charge is 0.186 e. The lowest BCUT2D eigenvalue weighted by molar-refractivity contribution is -0.111. The van der Waals surface area contributed by atoms with Crippen LogP contribution in [0.15, 0.2) is 30.3 Å². The van der Waals surface area contributed by atoms with Crippen LogP contribution in [0.5, 0.6) is 0 Å². The molecule has 0 aliphatic rings. The molecule has 1 aromatic carbocycles. The van der Waals surface area contributed by atoms with E-state index < -0.39 is 0 Å². The van der Waals surface area contributed by atoms with Gasteiger partial charge in [-0.2, -0.15) is 0 Å². The van der Waals surface area contributed by atoms with Crippen molar-refractivity contribution in [2.45, 2.75) is 25.7 Å². The van der Waals surface area contributed by atoms with Crippen molar-refractivity contribution in [2.75, 3.05) is 6.54 Å². The molecule has 1 aromatic rings. The third kappa shape index (κ3) is 5.33. The first-order chi connectivity index (χ1) is 7.72. The Labute approximate surface area is 103 Å². The molecule has 1 rings (SSSR count). The predicted molar refractivity (Wildman–Crippen MR) is 70.5 cm³/mol. The van der Waals surface area contributed by atoms with E-state index in [0.717, 1.165) is 19.3 Å². The van der Waals surface area contributed by atoms with Crippen molar-refractivity contribution in [3.8, 4) is 0 Å². The number of carbonyl (C=O) groups is 1. The van der Waals surface area contributed by atoms with E-state index in [1.165, 1.54) is 5.56 Å². The molecule has 1 unspecified atom stereocenters. The van der Waals surface area contributed by atoms with Crippen LogP contribution in [0.3, 0.4) is 0 Å². The van der Waals surface area contributed by atoms with Gasteiger partial charge in [-0.25, -0.2) is 0 Å². The highest BCUT2D eigenvalue weighted by molar-refractivity contribution is 7.96. The lowest BCUT2D eigenvalue weighted by Crippen LogP contribution is -2.16. The molecule has 0 aromatic heterocycles. The summed E-state index contributed by atoms with van der Waals surface area (Å²) in [6, 6.07) is 10.4. The average molecular weight is 237 g/mol. The van der Waals surface area contributed by atoms with Gasteiger partial charge in [0.1, 0.15) is 0 Å². The number of nitrogens with two attached hydrogens (primary N) is 1. The first-order valence-electron chi connectivity index (χ1n) is 5.68. The number of carbonyl (C=O) groups excluding carboxylic acids is 1. The van der Waals surface area contributed by atoms with E-state index in [2.05, 4.69) is 24.8 Å². The van der Waals surface area contributed by atoms with E-state index in [1.54, 1.807) is 0 Å². The maximum Gasteiger partial charge on any atom is 0.186 e. The molecule has 3 heteroatoms. The van der Waals surface area contributed by atoms with Gasteiger partial charge in [0, 0.05) is 6.42 Å². The minimum Gasteiger partial charge on any atom is -0.330 e. The van der Waals surface area contributed by atoms with Crippen molar-refractivity contribution in [1.29, 1.82) is 0 Å². The van der Waals surface area contributed by atoms with Gasteiger partial charge in [-0.1, -0.05) is 30.3 Å². The van der Waals surface area contributed by atoms with Crippen molar-refractivity contribution in [1.82, 2.24) is 0 Å². The van der Waals surface area contributed by atoms with Gasteiger partial charge in [0.05, 0.1) is 0 Å². The Morgan fingerprint density at radius 1 is 1.31 bits per heavy atom. The first-order valence-corrected chi connectivity index (χ1v) is 6.13. The quantitative estimate of drug-likeness (QED) is 0.715. The minimum atomic E-state index is -0.0600. The summed E-state index contributed by atoms with van der Waals surface area (Å²) in [5, 5.41) is -0.0600. The first kappa shape index (κ1) is 13.3. The molecule has 88 valence electrons. The fourth-order valence-electron chi connectivity index (χ4n) is 1.79. The Bertz CT molecular complexity index is 313. The van der Waals surface area contributed by atoms with Crippen LogP contribution in [-0.2, 0) is 11.2 Å². The van der Waals surface area contributed by atoms with E-state index in [1.807, 2.05) is 18.2 Å². The molecular weight excluding hydrogens is 218 g/mol. The monoisotopic (exact) mass is 237 g/mol. The third-order valence-corrected chi connectivity index (χ3v) is 2.90. The molecular formula is C13H19NOS. The molecule has 0 fully saturated rings. The lowest BCUT2D eigenvalue weighted by Gasteiger charge is -2.12. The molecule has 0 saturated carbocycles. The molecule has 0 amide bonds. The summed E-state index contributed by atoms with van der Waals surface area (Å²) < 4.78 is 0. The molecule has 0 heterocycles. The second-order valence-corrected chi connectivity index (χ2v) is 4.58. The topological polar surface area (TPSA) is 43.1 Å². The molecule has 0 bridgehead atoms. The zero-order valence-electron chi connectivity index (χ0n) is 9.43. The standard InChI is InChI=1S/C13H19NOS/c14-10-12(9-13(15)16)8-4-7-11-5-2-1-3-6-11/h1-3,5-6,12H,4,7-10,14H2,(H,15,16). The third-order valence-electron chi connectivity index (χ3n) is 2.72. The molecule has 0 saturated heterocycles. The predicted octanol–water partition coefficient (Wildman–Crippen LogP) is 2.43. The van der Waals surface area contributed by atoms with Gasteiger partial charge in [-0.05, 0) is 37.3 Å². The maximum absolute atomic E-state index is 10.9. The molecule has 0 radical (unpaired) electrons. The van der Waals surface area contributed by atoms with Crippen LogP contribution in [0.4, 0.5) is 0 Å². The number of hydrogen-bond donors (Lipinski definition) is 2. The average Bonchev–Trinajstić information content (AvgIpc) is 2.28. The summed E-state index contributed by atoms with van der Waals surface area (Å²) >= 11 is 3.79. The molecule has 2 nitrogen and oxygen atoms in total. The van der Waals surface area contributed by atoms with Gasteiger partial charge in [0.2, 0.25) is 0 Å². The van der Waals surface area contributed by atoms with Gasteiger partial charge < -0.3 is 5.73 Å². The molecule has 2 N–H and O–H groups in total. The summed E-state index contributed by atoms with van der Waals surface area (Å²) in [6.07, 6.45) is 3.62. The highest BCUT2D eigenvalue weighted by Gasteiger charge is 2.09. The van der Waals surface area contributed by atoms with Crippen LogP contribution in [0.2, 0.25) is 0 Å². The molecule has 1 atom stereocenters. The Morgan fingerprint density at radius 3 is 2.56 bits per heavy atom. The van der Waals surface area contributed by atoms with Gasteiger partial charge in [-0.3, -0.25) is 4.79 Å². The normalized spacial score (nSPS) is 12.4. The van der Waals surface area contributed by atoms with E-state index >= 15 is 0 Å². The van der Waals surface area contributed by atoms with E-state index in [4.69, 9.17) is 5.73 Å². The molecule has 0 aliphatic carbocycles. The summed E-state index contributed by atoms with van der Waals surface area (Å²) in [5.41, 5.74) is 6.96. The molecule has 0 spiro atoms. The van der Waals surface area contributed by atoms with Crippen molar-refractivity contribution >= 4 is 17.7 Å². The Kier molecular flexibility index (Phi) is 6.19. The summed E-state index contributed by atoms with van der Waals surface area (Å²) in [6.45, 7) is 0.571. The van der Waals surface area contributed by atoms with Gasteiger partial charge >= 0.3 is 0 Å². The van der Waals surface area contributed by atoms with Crippen molar-refractivity contribution in [3.05, 3.63) is 35.9 Å². The summed E-state index contributed by atoms with van der Waals surface area (Å²) in [7, 11) is 0. The van der Waals surface area contributed by atoms with E-state index in [0.29, 0.717) is 13.0 Å².